The number of aromatic nitrogens is 2. The lowest BCUT2D eigenvalue weighted by Crippen LogP contribution is -2.20. The van der Waals surface area contributed by atoms with Crippen LogP contribution in [0.5, 0.6) is 16.7 Å². The molecule has 3 aromatic rings. The Kier molecular flexibility index (Phi) is 6.65. The Morgan fingerprint density at radius 1 is 1.07 bits per heavy atom. The number of ether oxygens (including phenoxy) is 2. The van der Waals surface area contributed by atoms with Gasteiger partial charge in [0.1, 0.15) is 11.5 Å². The Morgan fingerprint density at radius 2 is 1.82 bits per heavy atom. The first-order valence-electron chi connectivity index (χ1n) is 9.44. The monoisotopic (exact) mass is 397 g/mol. The van der Waals surface area contributed by atoms with Gasteiger partial charge in [-0.1, -0.05) is 13.0 Å². The maximum atomic E-state index is 6.05. The van der Waals surface area contributed by atoms with E-state index in [0.29, 0.717) is 11.0 Å². The summed E-state index contributed by atoms with van der Waals surface area (Å²) in [5, 5.41) is 0.548. The Hall–Kier alpha value is -2.44. The largest absolute Gasteiger partial charge is 0.497 e. The molecule has 1 aromatic heterocycles. The molecule has 0 aliphatic heterocycles. The molecule has 0 atom stereocenters. The summed E-state index contributed by atoms with van der Waals surface area (Å²) in [5.74, 6) is 2.31. The fourth-order valence-electron chi connectivity index (χ4n) is 2.90. The minimum Gasteiger partial charge on any atom is -0.497 e. The minimum atomic E-state index is 0.548. The zero-order chi connectivity index (χ0) is 20.1. The summed E-state index contributed by atoms with van der Waals surface area (Å²) < 4.78 is 15.7. The van der Waals surface area contributed by atoms with Crippen molar-refractivity contribution in [2.24, 2.45) is 0 Å². The molecule has 0 radical (unpaired) electrons. The number of methoxy groups -OCH3 is 1. The van der Waals surface area contributed by atoms with Crippen molar-refractivity contribution < 1.29 is 9.47 Å². The van der Waals surface area contributed by atoms with E-state index in [2.05, 4.69) is 54.2 Å². The molecular weight excluding hydrogens is 370 g/mol. The lowest BCUT2D eigenvalue weighted by Gasteiger charge is -2.16. The van der Waals surface area contributed by atoms with Crippen molar-refractivity contribution in [1.82, 2.24) is 14.3 Å². The highest BCUT2D eigenvalue weighted by atomic mass is 32.1. The van der Waals surface area contributed by atoms with E-state index in [1.54, 1.807) is 7.11 Å². The van der Waals surface area contributed by atoms with Gasteiger partial charge in [-0.15, -0.1) is 0 Å². The summed E-state index contributed by atoms with van der Waals surface area (Å²) in [6, 6.07) is 12.0. The van der Waals surface area contributed by atoms with E-state index in [4.69, 9.17) is 9.47 Å². The van der Waals surface area contributed by atoms with Crippen LogP contribution in [0.4, 0.5) is 0 Å². The van der Waals surface area contributed by atoms with Gasteiger partial charge in [-0.3, -0.25) is 0 Å². The Balaban J connectivity index is 1.73. The van der Waals surface area contributed by atoms with Gasteiger partial charge in [-0.25, -0.2) is 0 Å². The van der Waals surface area contributed by atoms with Crippen LogP contribution in [-0.2, 0) is 6.42 Å². The van der Waals surface area contributed by atoms with E-state index in [0.717, 1.165) is 42.1 Å². The third-order valence-electron chi connectivity index (χ3n) is 4.89. The highest BCUT2D eigenvalue weighted by Gasteiger charge is 2.12. The van der Waals surface area contributed by atoms with Crippen LogP contribution in [0.25, 0.3) is 11.4 Å². The molecule has 1 heterocycles. The minimum absolute atomic E-state index is 0.548. The maximum Gasteiger partial charge on any atom is 0.299 e. The van der Waals surface area contributed by atoms with Crippen molar-refractivity contribution in [3.8, 4) is 28.1 Å². The predicted octanol–water partition coefficient (Wildman–Crippen LogP) is 5.12. The van der Waals surface area contributed by atoms with Crippen LogP contribution in [0.2, 0.25) is 0 Å². The molecular formula is C22H27N3O2S. The molecule has 0 spiro atoms. The smallest absolute Gasteiger partial charge is 0.299 e. The van der Waals surface area contributed by atoms with Crippen LogP contribution in [0.1, 0.15) is 23.6 Å². The molecule has 0 N–H and O–H groups in total. The van der Waals surface area contributed by atoms with Crippen LogP contribution >= 0.6 is 11.5 Å². The molecule has 0 saturated heterocycles. The summed E-state index contributed by atoms with van der Waals surface area (Å²) in [5.41, 5.74) is 4.66. The summed E-state index contributed by atoms with van der Waals surface area (Å²) >= 11 is 1.26. The van der Waals surface area contributed by atoms with Crippen molar-refractivity contribution in [2.45, 2.75) is 27.2 Å². The quantitative estimate of drug-likeness (QED) is 0.528. The number of benzene rings is 2. The molecule has 3 rings (SSSR count). The third-order valence-corrected chi connectivity index (χ3v) is 5.48. The number of nitrogens with zero attached hydrogens (tertiary/aromatic N) is 3. The van der Waals surface area contributed by atoms with Gasteiger partial charge in [-0.2, -0.15) is 9.36 Å². The van der Waals surface area contributed by atoms with Gasteiger partial charge >= 0.3 is 0 Å². The van der Waals surface area contributed by atoms with Crippen LogP contribution < -0.4 is 9.47 Å². The van der Waals surface area contributed by atoms with Crippen LogP contribution in [0.15, 0.2) is 36.4 Å². The molecule has 0 aliphatic carbocycles. The van der Waals surface area contributed by atoms with Crippen molar-refractivity contribution in [3.05, 3.63) is 53.1 Å². The average Bonchev–Trinajstić information content (AvgIpc) is 3.17. The van der Waals surface area contributed by atoms with Crippen LogP contribution in [-0.4, -0.2) is 41.5 Å². The summed E-state index contributed by atoms with van der Waals surface area (Å²) in [6.45, 7) is 8.51. The normalized spacial score (nSPS) is 11.1. The molecule has 0 unspecified atom stereocenters. The number of hydrogen-bond acceptors (Lipinski definition) is 6. The number of hydrogen-bond donors (Lipinski definition) is 0. The van der Waals surface area contributed by atoms with Crippen molar-refractivity contribution >= 4 is 11.5 Å². The van der Waals surface area contributed by atoms with Gasteiger partial charge < -0.3 is 14.4 Å². The molecule has 0 bridgehead atoms. The second-order valence-corrected chi connectivity index (χ2v) is 7.62. The average molecular weight is 398 g/mol. The van der Waals surface area contributed by atoms with Crippen molar-refractivity contribution in [2.75, 3.05) is 27.2 Å². The zero-order valence-electron chi connectivity index (χ0n) is 17.2. The van der Waals surface area contributed by atoms with Crippen LogP contribution in [0.3, 0.4) is 0 Å². The zero-order valence-corrected chi connectivity index (χ0v) is 18.0. The first kappa shape index (κ1) is 20.3. The fourth-order valence-corrected chi connectivity index (χ4v) is 3.47. The topological polar surface area (TPSA) is 47.5 Å². The molecule has 0 saturated carbocycles. The van der Waals surface area contributed by atoms with Gasteiger partial charge in [-0.05, 0) is 80.9 Å². The molecule has 0 amide bonds. The second-order valence-electron chi connectivity index (χ2n) is 6.90. The van der Waals surface area contributed by atoms with Gasteiger partial charge in [0.15, 0.2) is 5.82 Å². The van der Waals surface area contributed by atoms with Gasteiger partial charge in [0, 0.05) is 23.6 Å². The van der Waals surface area contributed by atoms with E-state index in [1.165, 1.54) is 22.7 Å². The SMILES string of the molecule is CCN(C)CCc1cc(C)c(Oc2nc(-c3ccc(OC)cc3)ns2)cc1C. The van der Waals surface area contributed by atoms with Crippen LogP contribution in [0, 0.1) is 13.8 Å². The molecule has 2 aromatic carbocycles. The molecule has 28 heavy (non-hydrogen) atoms. The Labute approximate surface area is 171 Å². The standard InChI is InChI=1S/C22H27N3O2S/c1-6-25(4)12-11-18-13-16(3)20(14-15(18)2)27-22-23-21(24-28-22)17-7-9-19(26-5)10-8-17/h7-10,13-14H,6,11-12H2,1-5H3. The van der Waals surface area contributed by atoms with Gasteiger partial charge in [0.05, 0.1) is 7.11 Å². The number of likely N-dealkylation sites (N-methyl/N-ethyl adjacent to an activating group) is 1. The number of aryl methyl sites for hydroxylation is 2. The van der Waals surface area contributed by atoms with E-state index >= 15 is 0 Å². The first-order valence-corrected chi connectivity index (χ1v) is 10.2. The maximum absolute atomic E-state index is 6.05. The molecule has 0 fully saturated rings. The van der Waals surface area contributed by atoms with E-state index < -0.39 is 0 Å². The molecule has 148 valence electrons. The first-order chi connectivity index (χ1) is 13.5. The lowest BCUT2D eigenvalue weighted by molar-refractivity contribution is 0.357. The Bertz CT molecular complexity index is 922. The summed E-state index contributed by atoms with van der Waals surface area (Å²) in [6.07, 6.45) is 1.04. The highest BCUT2D eigenvalue weighted by molar-refractivity contribution is 7.07. The summed E-state index contributed by atoms with van der Waals surface area (Å²) in [4.78, 5) is 6.85. The molecule has 6 heteroatoms. The Morgan fingerprint density at radius 3 is 2.50 bits per heavy atom. The lowest BCUT2D eigenvalue weighted by atomic mass is 10.0. The van der Waals surface area contributed by atoms with Gasteiger partial charge in [0.2, 0.25) is 0 Å². The third kappa shape index (κ3) is 4.88. The molecule has 5 nitrogen and oxygen atoms in total. The molecule has 0 aliphatic rings. The number of rotatable bonds is 8. The van der Waals surface area contributed by atoms with E-state index in [1.807, 2.05) is 24.3 Å². The van der Waals surface area contributed by atoms with E-state index in [-0.39, 0.29) is 0 Å². The summed E-state index contributed by atoms with van der Waals surface area (Å²) in [7, 11) is 3.80. The fraction of sp³-hybridized carbons (Fsp3) is 0.364. The van der Waals surface area contributed by atoms with Crippen molar-refractivity contribution in [1.29, 1.82) is 0 Å². The van der Waals surface area contributed by atoms with Crippen molar-refractivity contribution in [3.63, 3.8) is 0 Å². The van der Waals surface area contributed by atoms with Gasteiger partial charge in [0.25, 0.3) is 5.19 Å². The predicted molar refractivity (Wildman–Crippen MR) is 115 cm³/mol. The second kappa shape index (κ2) is 9.17. The highest BCUT2D eigenvalue weighted by Crippen LogP contribution is 2.31. The van der Waals surface area contributed by atoms with E-state index in [9.17, 15) is 0 Å².